The summed E-state index contributed by atoms with van der Waals surface area (Å²) >= 11 is 0. The number of carbonyl (C=O) groups is 2. The van der Waals surface area contributed by atoms with Gasteiger partial charge < -0.3 is 10.1 Å². The fourth-order valence-corrected chi connectivity index (χ4v) is 3.07. The second kappa shape index (κ2) is 7.11. The zero-order valence-electron chi connectivity index (χ0n) is 14.1. The topological polar surface area (TPSA) is 67.4 Å². The van der Waals surface area contributed by atoms with Gasteiger partial charge in [0, 0.05) is 22.9 Å². The van der Waals surface area contributed by atoms with E-state index in [9.17, 15) is 18.4 Å². The number of benzene rings is 2. The lowest BCUT2D eigenvalue weighted by Gasteiger charge is -2.43. The van der Waals surface area contributed by atoms with Crippen LogP contribution in [0.15, 0.2) is 42.5 Å². The van der Waals surface area contributed by atoms with Gasteiger partial charge in [-0.2, -0.15) is 0 Å². The third kappa shape index (κ3) is 3.51. The SMILES string of the molecule is COC(=O)Nc1cccc(C(=O)NC2(c3ccc(F)cc3F)CCC2)c1. The van der Waals surface area contributed by atoms with Crippen molar-refractivity contribution in [2.45, 2.75) is 24.8 Å². The molecular formula is C19H18F2N2O3. The van der Waals surface area contributed by atoms with Crippen molar-refractivity contribution in [2.24, 2.45) is 0 Å². The molecule has 1 aliphatic carbocycles. The molecule has 0 aliphatic heterocycles. The van der Waals surface area contributed by atoms with Crippen LogP contribution in [-0.2, 0) is 10.3 Å². The van der Waals surface area contributed by atoms with Gasteiger partial charge in [0.15, 0.2) is 0 Å². The van der Waals surface area contributed by atoms with Crippen molar-refractivity contribution in [3.8, 4) is 0 Å². The van der Waals surface area contributed by atoms with Gasteiger partial charge in [-0.25, -0.2) is 13.6 Å². The number of nitrogens with one attached hydrogen (secondary N) is 2. The Morgan fingerprint density at radius 1 is 1.12 bits per heavy atom. The highest BCUT2D eigenvalue weighted by molar-refractivity contribution is 5.96. The molecule has 2 amide bonds. The normalized spacial score (nSPS) is 14.9. The Bertz CT molecular complexity index is 850. The predicted octanol–water partition coefficient (Wildman–Crippen LogP) is 3.95. The molecule has 0 spiro atoms. The third-order valence-electron chi connectivity index (χ3n) is 4.56. The van der Waals surface area contributed by atoms with E-state index in [4.69, 9.17) is 0 Å². The van der Waals surface area contributed by atoms with Crippen LogP contribution in [0.5, 0.6) is 0 Å². The Morgan fingerprint density at radius 3 is 2.50 bits per heavy atom. The standard InChI is InChI=1S/C19H18F2N2O3/c1-26-18(25)22-14-5-2-4-12(10-14)17(24)23-19(8-3-9-19)15-7-6-13(20)11-16(15)21/h2,4-7,10-11H,3,8-9H2,1H3,(H,22,25)(H,23,24). The Morgan fingerprint density at radius 2 is 1.88 bits per heavy atom. The Balaban J connectivity index is 1.82. The van der Waals surface area contributed by atoms with Gasteiger partial charge in [0.25, 0.3) is 5.91 Å². The molecule has 1 fully saturated rings. The Hall–Kier alpha value is -2.96. The van der Waals surface area contributed by atoms with Crippen LogP contribution in [0.25, 0.3) is 0 Å². The number of anilines is 1. The largest absolute Gasteiger partial charge is 0.453 e. The Labute approximate surface area is 149 Å². The molecule has 1 saturated carbocycles. The second-order valence-electron chi connectivity index (χ2n) is 6.21. The summed E-state index contributed by atoms with van der Waals surface area (Å²) in [5.74, 6) is -1.73. The summed E-state index contributed by atoms with van der Waals surface area (Å²) in [6.07, 6.45) is 1.33. The summed E-state index contributed by atoms with van der Waals surface area (Å²) in [4.78, 5) is 24.0. The van der Waals surface area contributed by atoms with Gasteiger partial charge in [-0.05, 0) is 43.5 Å². The fourth-order valence-electron chi connectivity index (χ4n) is 3.07. The molecule has 0 heterocycles. The summed E-state index contributed by atoms with van der Waals surface area (Å²) in [7, 11) is 1.24. The van der Waals surface area contributed by atoms with E-state index in [1.807, 2.05) is 0 Å². The highest BCUT2D eigenvalue weighted by Crippen LogP contribution is 2.42. The minimum absolute atomic E-state index is 0.280. The van der Waals surface area contributed by atoms with Gasteiger partial charge in [-0.3, -0.25) is 10.1 Å². The molecule has 3 rings (SSSR count). The lowest BCUT2D eigenvalue weighted by atomic mass is 9.71. The number of methoxy groups -OCH3 is 1. The maximum atomic E-state index is 14.2. The molecule has 2 N–H and O–H groups in total. The van der Waals surface area contributed by atoms with Gasteiger partial charge in [0.2, 0.25) is 0 Å². The molecule has 136 valence electrons. The number of rotatable bonds is 4. The van der Waals surface area contributed by atoms with E-state index in [-0.39, 0.29) is 5.56 Å². The van der Waals surface area contributed by atoms with E-state index in [1.165, 1.54) is 25.3 Å². The molecular weight excluding hydrogens is 342 g/mol. The number of ether oxygens (including phenoxy) is 1. The van der Waals surface area contributed by atoms with Crippen molar-refractivity contribution in [3.05, 3.63) is 65.2 Å². The van der Waals surface area contributed by atoms with E-state index < -0.39 is 29.2 Å². The van der Waals surface area contributed by atoms with Crippen LogP contribution < -0.4 is 10.6 Å². The summed E-state index contributed by atoms with van der Waals surface area (Å²) in [6, 6.07) is 9.71. The fraction of sp³-hybridized carbons (Fsp3) is 0.263. The molecule has 26 heavy (non-hydrogen) atoms. The van der Waals surface area contributed by atoms with Crippen molar-refractivity contribution in [1.82, 2.24) is 5.32 Å². The minimum Gasteiger partial charge on any atom is -0.453 e. The van der Waals surface area contributed by atoms with Crippen LogP contribution in [0.4, 0.5) is 19.3 Å². The zero-order valence-corrected chi connectivity index (χ0v) is 14.1. The van der Waals surface area contributed by atoms with Crippen molar-refractivity contribution in [3.63, 3.8) is 0 Å². The average Bonchev–Trinajstić information content (AvgIpc) is 2.58. The number of hydrogen-bond acceptors (Lipinski definition) is 3. The van der Waals surface area contributed by atoms with Crippen LogP contribution in [0.2, 0.25) is 0 Å². The second-order valence-corrected chi connectivity index (χ2v) is 6.21. The van der Waals surface area contributed by atoms with Crippen LogP contribution >= 0.6 is 0 Å². The van der Waals surface area contributed by atoms with E-state index in [0.29, 0.717) is 24.1 Å². The van der Waals surface area contributed by atoms with Crippen molar-refractivity contribution in [2.75, 3.05) is 12.4 Å². The van der Waals surface area contributed by atoms with E-state index in [0.717, 1.165) is 12.5 Å². The molecule has 2 aromatic carbocycles. The van der Waals surface area contributed by atoms with Gasteiger partial charge in [0.1, 0.15) is 11.6 Å². The van der Waals surface area contributed by atoms with E-state index >= 15 is 0 Å². The lowest BCUT2D eigenvalue weighted by Crippen LogP contribution is -2.51. The number of halogens is 2. The highest BCUT2D eigenvalue weighted by Gasteiger charge is 2.42. The smallest absolute Gasteiger partial charge is 0.411 e. The maximum Gasteiger partial charge on any atom is 0.411 e. The molecule has 0 saturated heterocycles. The van der Waals surface area contributed by atoms with Gasteiger partial charge in [0.05, 0.1) is 12.6 Å². The van der Waals surface area contributed by atoms with Crippen molar-refractivity contribution < 1.29 is 23.1 Å². The first-order valence-electron chi connectivity index (χ1n) is 8.17. The average molecular weight is 360 g/mol. The van der Waals surface area contributed by atoms with E-state index in [2.05, 4.69) is 15.4 Å². The summed E-state index contributed by atoms with van der Waals surface area (Å²) in [6.45, 7) is 0. The minimum atomic E-state index is -0.847. The zero-order chi connectivity index (χ0) is 18.7. The van der Waals surface area contributed by atoms with Crippen LogP contribution in [0.1, 0.15) is 35.2 Å². The first-order valence-corrected chi connectivity index (χ1v) is 8.17. The molecule has 0 bridgehead atoms. The molecule has 0 atom stereocenters. The monoisotopic (exact) mass is 360 g/mol. The molecule has 0 unspecified atom stereocenters. The summed E-state index contributed by atoms with van der Waals surface area (Å²) in [5, 5.41) is 5.35. The molecule has 5 nitrogen and oxygen atoms in total. The van der Waals surface area contributed by atoms with Crippen molar-refractivity contribution >= 4 is 17.7 Å². The number of amides is 2. The van der Waals surface area contributed by atoms with Crippen LogP contribution in [0, 0.1) is 11.6 Å². The molecule has 7 heteroatoms. The predicted molar refractivity (Wildman–Crippen MR) is 91.8 cm³/mol. The summed E-state index contributed by atoms with van der Waals surface area (Å²) in [5.41, 5.74) is 0.149. The van der Waals surface area contributed by atoms with Crippen molar-refractivity contribution in [1.29, 1.82) is 0 Å². The molecule has 0 aromatic heterocycles. The van der Waals surface area contributed by atoms with Crippen LogP contribution in [0.3, 0.4) is 0 Å². The quantitative estimate of drug-likeness (QED) is 0.867. The molecule has 1 aliphatic rings. The molecule has 2 aromatic rings. The van der Waals surface area contributed by atoms with Crippen LogP contribution in [-0.4, -0.2) is 19.1 Å². The highest BCUT2D eigenvalue weighted by atomic mass is 19.1. The summed E-state index contributed by atoms with van der Waals surface area (Å²) < 4.78 is 31.9. The first kappa shape index (κ1) is 17.8. The maximum absolute atomic E-state index is 14.2. The Kier molecular flexibility index (Phi) is 4.88. The van der Waals surface area contributed by atoms with Gasteiger partial charge in [-0.1, -0.05) is 12.1 Å². The number of carbonyl (C=O) groups excluding carboxylic acids is 2. The van der Waals surface area contributed by atoms with Gasteiger partial charge >= 0.3 is 6.09 Å². The lowest BCUT2D eigenvalue weighted by molar-refractivity contribution is 0.0818. The third-order valence-corrected chi connectivity index (χ3v) is 4.56. The van der Waals surface area contributed by atoms with E-state index in [1.54, 1.807) is 18.2 Å². The molecule has 0 radical (unpaired) electrons. The first-order chi connectivity index (χ1) is 12.4. The number of hydrogen-bond donors (Lipinski definition) is 2. The van der Waals surface area contributed by atoms with Gasteiger partial charge in [-0.15, -0.1) is 0 Å².